The third-order valence-electron chi connectivity index (χ3n) is 7.12. The second-order valence-electron chi connectivity index (χ2n) is 9.44. The SMILES string of the molecule is CC.CCCCc1c(Cc2ccc(C(C)=O)cc2)c2ccccc2n1CC1CCCCCC1. The molecule has 0 spiro atoms. The zero-order valence-corrected chi connectivity index (χ0v) is 21.3. The number of carbonyl (C=O) groups is 1. The van der Waals surface area contributed by atoms with Crippen LogP contribution >= 0.6 is 0 Å². The van der Waals surface area contributed by atoms with Crippen LogP contribution in [0.4, 0.5) is 0 Å². The van der Waals surface area contributed by atoms with E-state index in [4.69, 9.17) is 0 Å². The average Bonchev–Trinajstić information content (AvgIpc) is 2.99. The molecule has 0 saturated heterocycles. The van der Waals surface area contributed by atoms with Crippen molar-refractivity contribution in [2.75, 3.05) is 0 Å². The van der Waals surface area contributed by atoms with Crippen molar-refractivity contribution in [3.05, 3.63) is 70.9 Å². The van der Waals surface area contributed by atoms with Crippen LogP contribution < -0.4 is 0 Å². The first kappa shape index (κ1) is 25.3. The third-order valence-corrected chi connectivity index (χ3v) is 7.12. The van der Waals surface area contributed by atoms with Crippen LogP contribution in [-0.4, -0.2) is 10.4 Å². The second kappa shape index (κ2) is 12.8. The van der Waals surface area contributed by atoms with E-state index < -0.39 is 0 Å². The summed E-state index contributed by atoms with van der Waals surface area (Å²) in [5.41, 5.74) is 6.54. The fourth-order valence-corrected chi connectivity index (χ4v) is 5.33. The highest BCUT2D eigenvalue weighted by molar-refractivity contribution is 5.94. The molecule has 1 aliphatic rings. The van der Waals surface area contributed by atoms with Gasteiger partial charge in [-0.05, 0) is 62.1 Å². The molecule has 4 rings (SSSR count). The molecule has 0 bridgehead atoms. The van der Waals surface area contributed by atoms with Crippen LogP contribution in [0.1, 0.15) is 106 Å². The molecule has 178 valence electrons. The summed E-state index contributed by atoms with van der Waals surface area (Å²) in [6, 6.07) is 17.3. The number of hydrogen-bond acceptors (Lipinski definition) is 1. The maximum atomic E-state index is 11.7. The van der Waals surface area contributed by atoms with Crippen LogP contribution in [-0.2, 0) is 19.4 Å². The minimum Gasteiger partial charge on any atom is -0.344 e. The van der Waals surface area contributed by atoms with Gasteiger partial charge in [0.25, 0.3) is 0 Å². The average molecular weight is 446 g/mol. The minimum absolute atomic E-state index is 0.134. The molecule has 1 saturated carbocycles. The molecule has 0 amide bonds. The Balaban J connectivity index is 0.00000149. The Labute approximate surface area is 201 Å². The second-order valence-corrected chi connectivity index (χ2v) is 9.44. The summed E-state index contributed by atoms with van der Waals surface area (Å²) in [5, 5.41) is 1.41. The van der Waals surface area contributed by atoms with Gasteiger partial charge in [0.1, 0.15) is 0 Å². The van der Waals surface area contributed by atoms with Gasteiger partial charge in [-0.1, -0.05) is 95.3 Å². The van der Waals surface area contributed by atoms with E-state index in [9.17, 15) is 4.79 Å². The molecular weight excluding hydrogens is 402 g/mol. The first-order valence-corrected chi connectivity index (χ1v) is 13.4. The summed E-state index contributed by atoms with van der Waals surface area (Å²) in [7, 11) is 0. The Bertz CT molecular complexity index is 1000. The maximum absolute atomic E-state index is 11.7. The van der Waals surface area contributed by atoms with Crippen LogP contribution in [0.3, 0.4) is 0 Å². The zero-order chi connectivity index (χ0) is 23.6. The van der Waals surface area contributed by atoms with Crippen molar-refractivity contribution in [1.82, 2.24) is 4.57 Å². The summed E-state index contributed by atoms with van der Waals surface area (Å²) in [6.45, 7) is 9.10. The normalized spacial score (nSPS) is 14.5. The molecule has 2 aromatic carbocycles. The molecule has 1 aliphatic carbocycles. The summed E-state index contributed by atoms with van der Waals surface area (Å²) < 4.78 is 2.68. The van der Waals surface area contributed by atoms with Gasteiger partial charge in [-0.15, -0.1) is 0 Å². The van der Waals surface area contributed by atoms with Crippen molar-refractivity contribution < 1.29 is 4.79 Å². The molecular formula is C31H43NO. The summed E-state index contributed by atoms with van der Waals surface area (Å²) in [6.07, 6.45) is 12.9. The lowest BCUT2D eigenvalue weighted by atomic mass is 9.98. The predicted molar refractivity (Wildman–Crippen MR) is 142 cm³/mol. The van der Waals surface area contributed by atoms with Crippen molar-refractivity contribution in [2.24, 2.45) is 5.92 Å². The number of para-hydroxylation sites is 1. The maximum Gasteiger partial charge on any atom is 0.159 e. The molecule has 0 atom stereocenters. The Hall–Kier alpha value is -2.35. The number of ketones is 1. The van der Waals surface area contributed by atoms with Gasteiger partial charge in [-0.2, -0.15) is 0 Å². The van der Waals surface area contributed by atoms with Crippen LogP contribution in [0.5, 0.6) is 0 Å². The molecule has 1 aromatic heterocycles. The molecule has 1 fully saturated rings. The van der Waals surface area contributed by atoms with Crippen molar-refractivity contribution in [3.8, 4) is 0 Å². The summed E-state index contributed by atoms with van der Waals surface area (Å²) in [4.78, 5) is 11.7. The lowest BCUT2D eigenvalue weighted by Crippen LogP contribution is -2.13. The van der Waals surface area contributed by atoms with Crippen molar-refractivity contribution in [1.29, 1.82) is 0 Å². The van der Waals surface area contributed by atoms with Crippen LogP contribution in [0.2, 0.25) is 0 Å². The fraction of sp³-hybridized carbons (Fsp3) is 0.516. The number of rotatable bonds is 8. The van der Waals surface area contributed by atoms with E-state index in [1.165, 1.54) is 79.9 Å². The number of carbonyl (C=O) groups excluding carboxylic acids is 1. The highest BCUT2D eigenvalue weighted by atomic mass is 16.1. The largest absolute Gasteiger partial charge is 0.344 e. The molecule has 0 aliphatic heterocycles. The number of Topliss-reactive ketones (excluding diaryl/α,β-unsaturated/α-hetero) is 1. The van der Waals surface area contributed by atoms with Gasteiger partial charge >= 0.3 is 0 Å². The predicted octanol–water partition coefficient (Wildman–Crippen LogP) is 8.77. The topological polar surface area (TPSA) is 22.0 Å². The monoisotopic (exact) mass is 445 g/mol. The molecule has 2 heteroatoms. The Morgan fingerprint density at radius 2 is 1.61 bits per heavy atom. The fourth-order valence-electron chi connectivity index (χ4n) is 5.33. The zero-order valence-electron chi connectivity index (χ0n) is 21.3. The first-order valence-electron chi connectivity index (χ1n) is 13.4. The third kappa shape index (κ3) is 6.37. The lowest BCUT2D eigenvalue weighted by molar-refractivity contribution is 0.101. The van der Waals surface area contributed by atoms with E-state index in [1.54, 1.807) is 12.6 Å². The van der Waals surface area contributed by atoms with Gasteiger partial charge in [0.05, 0.1) is 0 Å². The van der Waals surface area contributed by atoms with E-state index in [1.807, 2.05) is 26.0 Å². The Morgan fingerprint density at radius 1 is 0.939 bits per heavy atom. The smallest absolute Gasteiger partial charge is 0.159 e. The molecule has 0 N–H and O–H groups in total. The number of fused-ring (bicyclic) bond motifs is 1. The van der Waals surface area contributed by atoms with Crippen LogP contribution in [0, 0.1) is 5.92 Å². The summed E-state index contributed by atoms with van der Waals surface area (Å²) >= 11 is 0. The highest BCUT2D eigenvalue weighted by Gasteiger charge is 2.20. The van der Waals surface area contributed by atoms with Gasteiger partial charge in [0, 0.05) is 28.7 Å². The minimum atomic E-state index is 0.134. The van der Waals surface area contributed by atoms with Crippen molar-refractivity contribution >= 4 is 16.7 Å². The highest BCUT2D eigenvalue weighted by Crippen LogP contribution is 2.33. The van der Waals surface area contributed by atoms with E-state index in [0.717, 1.165) is 24.3 Å². The van der Waals surface area contributed by atoms with Crippen molar-refractivity contribution in [2.45, 2.75) is 98.4 Å². The van der Waals surface area contributed by atoms with E-state index in [0.29, 0.717) is 0 Å². The summed E-state index contributed by atoms with van der Waals surface area (Å²) in [5.74, 6) is 0.941. The first-order chi connectivity index (χ1) is 16.2. The number of hydrogen-bond donors (Lipinski definition) is 0. The number of nitrogens with zero attached hydrogens (tertiary/aromatic N) is 1. The quantitative estimate of drug-likeness (QED) is 0.251. The van der Waals surface area contributed by atoms with Gasteiger partial charge in [0.2, 0.25) is 0 Å². The Kier molecular flexibility index (Phi) is 9.78. The number of benzene rings is 2. The standard InChI is InChI=1S/C29H37NO.C2H6/c1-3-4-14-29-27(20-23-16-18-25(19-17-23)22(2)31)26-13-9-10-15-28(26)30(29)21-24-11-7-5-6-8-12-24;1-2/h9-10,13,15-19,24H,3-8,11-12,14,20-21H2,1-2H3;1-2H3. The molecule has 3 aromatic rings. The van der Waals surface area contributed by atoms with E-state index >= 15 is 0 Å². The van der Waals surface area contributed by atoms with Gasteiger partial charge in [-0.3, -0.25) is 4.79 Å². The number of unbranched alkanes of at least 4 members (excludes halogenated alkanes) is 1. The molecule has 33 heavy (non-hydrogen) atoms. The lowest BCUT2D eigenvalue weighted by Gasteiger charge is -2.19. The van der Waals surface area contributed by atoms with Gasteiger partial charge in [0.15, 0.2) is 5.78 Å². The van der Waals surface area contributed by atoms with E-state index in [-0.39, 0.29) is 5.78 Å². The van der Waals surface area contributed by atoms with Crippen molar-refractivity contribution in [3.63, 3.8) is 0 Å². The molecule has 0 radical (unpaired) electrons. The molecule has 1 heterocycles. The van der Waals surface area contributed by atoms with E-state index in [2.05, 4.69) is 47.9 Å². The van der Waals surface area contributed by atoms with Gasteiger partial charge < -0.3 is 4.57 Å². The Morgan fingerprint density at radius 3 is 2.24 bits per heavy atom. The van der Waals surface area contributed by atoms with Gasteiger partial charge in [-0.25, -0.2) is 0 Å². The van der Waals surface area contributed by atoms with Crippen LogP contribution in [0.15, 0.2) is 48.5 Å². The van der Waals surface area contributed by atoms with Crippen LogP contribution in [0.25, 0.3) is 10.9 Å². The molecule has 0 unspecified atom stereocenters. The molecule has 2 nitrogen and oxygen atoms in total. The number of aromatic nitrogens is 1.